The van der Waals surface area contributed by atoms with Gasteiger partial charge in [-0.15, -0.1) is 6.42 Å². The van der Waals surface area contributed by atoms with E-state index in [2.05, 4.69) is 16.1 Å². The molecule has 0 atom stereocenters. The Bertz CT molecular complexity index is 793. The van der Waals surface area contributed by atoms with Crippen LogP contribution in [0.3, 0.4) is 0 Å². The molecule has 0 saturated carbocycles. The van der Waals surface area contributed by atoms with Gasteiger partial charge >= 0.3 is 12.2 Å². The summed E-state index contributed by atoms with van der Waals surface area (Å²) in [6.45, 7) is 3.11. The SMILES string of the molecule is C#CCOC(=O)N1CCC(N2CCC3(CC2)OC(=O)Nc2ccccc23)CC1.[HH]. The van der Waals surface area contributed by atoms with E-state index in [9.17, 15) is 9.59 Å². The molecule has 1 N–H and O–H groups in total. The fourth-order valence-electron chi connectivity index (χ4n) is 4.59. The number of hydrogen-bond donors (Lipinski definition) is 1. The Morgan fingerprint density at radius 3 is 2.71 bits per heavy atom. The maximum absolute atomic E-state index is 12.0. The van der Waals surface area contributed by atoms with E-state index >= 15 is 0 Å². The number of anilines is 1. The number of fused-ring (bicyclic) bond motifs is 2. The molecule has 0 radical (unpaired) electrons. The maximum Gasteiger partial charge on any atom is 0.412 e. The molecule has 1 aromatic rings. The van der Waals surface area contributed by atoms with Crippen molar-refractivity contribution in [1.82, 2.24) is 9.80 Å². The molecular formula is C21H27N3O4. The van der Waals surface area contributed by atoms with Crippen LogP contribution < -0.4 is 5.32 Å². The van der Waals surface area contributed by atoms with Crippen molar-refractivity contribution in [3.8, 4) is 12.3 Å². The number of carbonyl (C=O) groups excluding carboxylic acids is 2. The summed E-state index contributed by atoms with van der Waals surface area (Å²) in [5.74, 6) is 2.32. The zero-order valence-electron chi connectivity index (χ0n) is 15.9. The minimum Gasteiger partial charge on any atom is -0.438 e. The highest BCUT2D eigenvalue weighted by Gasteiger charge is 2.45. The average Bonchev–Trinajstić information content (AvgIpc) is 2.72. The number of ether oxygens (including phenoxy) is 2. The van der Waals surface area contributed by atoms with Crippen molar-refractivity contribution in [2.75, 3.05) is 38.1 Å². The van der Waals surface area contributed by atoms with Gasteiger partial charge in [0, 0.05) is 52.1 Å². The van der Waals surface area contributed by atoms with Gasteiger partial charge in [-0.2, -0.15) is 0 Å². The van der Waals surface area contributed by atoms with E-state index in [1.165, 1.54) is 0 Å². The molecule has 4 rings (SSSR count). The molecule has 2 saturated heterocycles. The van der Waals surface area contributed by atoms with Crippen molar-refractivity contribution in [3.05, 3.63) is 29.8 Å². The lowest BCUT2D eigenvalue weighted by atomic mass is 9.81. The Morgan fingerprint density at radius 1 is 1.29 bits per heavy atom. The van der Waals surface area contributed by atoms with Gasteiger partial charge in [-0.25, -0.2) is 9.59 Å². The first-order chi connectivity index (χ1) is 13.6. The van der Waals surface area contributed by atoms with E-state index in [1.807, 2.05) is 24.3 Å². The van der Waals surface area contributed by atoms with Gasteiger partial charge in [0.15, 0.2) is 6.61 Å². The second kappa shape index (κ2) is 7.72. The molecule has 1 aromatic carbocycles. The number of benzene rings is 1. The molecule has 150 valence electrons. The van der Waals surface area contributed by atoms with E-state index < -0.39 is 5.60 Å². The lowest BCUT2D eigenvalue weighted by molar-refractivity contribution is -0.0503. The number of rotatable bonds is 2. The molecule has 0 aliphatic carbocycles. The van der Waals surface area contributed by atoms with Crippen molar-refractivity contribution < 1.29 is 20.5 Å². The monoisotopic (exact) mass is 385 g/mol. The predicted molar refractivity (Wildman–Crippen MR) is 106 cm³/mol. The van der Waals surface area contributed by atoms with Crippen molar-refractivity contribution in [1.29, 1.82) is 0 Å². The first-order valence-electron chi connectivity index (χ1n) is 9.80. The van der Waals surface area contributed by atoms with Gasteiger partial charge in [0.25, 0.3) is 0 Å². The number of hydrogen-bond acceptors (Lipinski definition) is 5. The summed E-state index contributed by atoms with van der Waals surface area (Å²) >= 11 is 0. The second-order valence-electron chi connectivity index (χ2n) is 7.57. The summed E-state index contributed by atoms with van der Waals surface area (Å²) in [7, 11) is 0. The van der Waals surface area contributed by atoms with Crippen LogP contribution in [-0.2, 0) is 15.1 Å². The van der Waals surface area contributed by atoms with Crippen LogP contribution in [0.15, 0.2) is 24.3 Å². The third kappa shape index (κ3) is 3.52. The third-order valence-electron chi connectivity index (χ3n) is 6.07. The number of nitrogens with zero attached hydrogens (tertiary/aromatic N) is 2. The predicted octanol–water partition coefficient (Wildman–Crippen LogP) is 3.02. The summed E-state index contributed by atoms with van der Waals surface area (Å²) < 4.78 is 10.8. The Kier molecular flexibility index (Phi) is 5.14. The number of nitrogens with one attached hydrogen (secondary N) is 1. The first kappa shape index (κ1) is 18.6. The van der Waals surface area contributed by atoms with Gasteiger partial charge in [0.05, 0.1) is 5.69 Å². The largest absolute Gasteiger partial charge is 0.438 e. The molecule has 0 bridgehead atoms. The summed E-state index contributed by atoms with van der Waals surface area (Å²) in [6, 6.07) is 8.32. The molecule has 1 spiro atoms. The molecule has 0 unspecified atom stereocenters. The maximum atomic E-state index is 12.0. The van der Waals surface area contributed by atoms with Crippen LogP contribution in [0, 0.1) is 12.3 Å². The number of terminal acetylenes is 1. The fourth-order valence-corrected chi connectivity index (χ4v) is 4.59. The molecular weight excluding hydrogens is 358 g/mol. The minimum absolute atomic E-state index is 0. The highest BCUT2D eigenvalue weighted by atomic mass is 16.6. The second-order valence-corrected chi connectivity index (χ2v) is 7.57. The minimum atomic E-state index is -0.533. The average molecular weight is 385 g/mol. The van der Waals surface area contributed by atoms with Gasteiger partial charge in [-0.3, -0.25) is 10.2 Å². The Labute approximate surface area is 166 Å². The molecule has 28 heavy (non-hydrogen) atoms. The Balaban J connectivity index is 0.00000240. The van der Waals surface area contributed by atoms with Crippen molar-refractivity contribution in [2.24, 2.45) is 0 Å². The number of likely N-dealkylation sites (tertiary alicyclic amines) is 2. The van der Waals surface area contributed by atoms with Gasteiger partial charge < -0.3 is 14.4 Å². The van der Waals surface area contributed by atoms with Crippen molar-refractivity contribution in [2.45, 2.75) is 37.3 Å². The van der Waals surface area contributed by atoms with Crippen LogP contribution in [0.5, 0.6) is 0 Å². The summed E-state index contributed by atoms with van der Waals surface area (Å²) in [4.78, 5) is 28.2. The van der Waals surface area contributed by atoms with Crippen LogP contribution in [0.25, 0.3) is 0 Å². The third-order valence-corrected chi connectivity index (χ3v) is 6.07. The topological polar surface area (TPSA) is 71.1 Å². The van der Waals surface area contributed by atoms with Gasteiger partial charge in [-0.1, -0.05) is 24.1 Å². The summed E-state index contributed by atoms with van der Waals surface area (Å²) in [5, 5.41) is 2.80. The molecule has 3 aliphatic rings. The van der Waals surface area contributed by atoms with Crippen LogP contribution in [0.2, 0.25) is 0 Å². The summed E-state index contributed by atoms with van der Waals surface area (Å²) in [6.07, 6.45) is 7.82. The zero-order valence-corrected chi connectivity index (χ0v) is 15.9. The lowest BCUT2D eigenvalue weighted by Gasteiger charge is -2.47. The molecule has 2 fully saturated rings. The number of carbonyl (C=O) groups is 2. The molecule has 0 aromatic heterocycles. The number of piperidine rings is 2. The number of amides is 2. The zero-order chi connectivity index (χ0) is 19.6. The summed E-state index contributed by atoms with van der Waals surface area (Å²) in [5.41, 5.74) is 1.39. The van der Waals surface area contributed by atoms with Gasteiger partial charge in [0.2, 0.25) is 0 Å². The lowest BCUT2D eigenvalue weighted by Crippen LogP contribution is -2.53. The van der Waals surface area contributed by atoms with Gasteiger partial charge in [0.1, 0.15) is 5.60 Å². The smallest absolute Gasteiger partial charge is 0.412 e. The molecule has 3 aliphatic heterocycles. The number of para-hydroxylation sites is 1. The normalized spacial score (nSPS) is 22.0. The molecule has 7 nitrogen and oxygen atoms in total. The van der Waals surface area contributed by atoms with Crippen LogP contribution in [0.1, 0.15) is 32.7 Å². The van der Waals surface area contributed by atoms with E-state index in [4.69, 9.17) is 15.9 Å². The fraction of sp³-hybridized carbons (Fsp3) is 0.524. The molecule has 7 heteroatoms. The van der Waals surface area contributed by atoms with Crippen molar-refractivity contribution >= 4 is 17.9 Å². The van der Waals surface area contributed by atoms with Crippen LogP contribution >= 0.6 is 0 Å². The van der Waals surface area contributed by atoms with Gasteiger partial charge in [-0.05, 0) is 18.9 Å². The quantitative estimate of drug-likeness (QED) is 0.793. The molecule has 2 amide bonds. The standard InChI is InChI=1S/C21H25N3O4.H2/c1-2-15-27-20(26)24-11-7-16(8-12-24)23-13-9-21(10-14-23)17-5-3-4-6-18(17)22-19(25)28-21;/h1,3-6,16H,7-15H2,(H,22,25);1H. The Morgan fingerprint density at radius 2 is 2.00 bits per heavy atom. The van der Waals surface area contributed by atoms with E-state index in [0.29, 0.717) is 19.1 Å². The first-order valence-corrected chi connectivity index (χ1v) is 9.80. The Hall–Kier alpha value is -2.72. The highest BCUT2D eigenvalue weighted by molar-refractivity contribution is 5.88. The highest BCUT2D eigenvalue weighted by Crippen LogP contribution is 2.43. The van der Waals surface area contributed by atoms with E-state index in [-0.39, 0.29) is 20.2 Å². The van der Waals surface area contributed by atoms with Crippen molar-refractivity contribution in [3.63, 3.8) is 0 Å². The van der Waals surface area contributed by atoms with E-state index in [0.717, 1.165) is 50.0 Å². The molecule has 3 heterocycles. The van der Waals surface area contributed by atoms with E-state index in [1.54, 1.807) is 4.90 Å². The van der Waals surface area contributed by atoms with Crippen LogP contribution in [-0.4, -0.2) is 60.8 Å². The van der Waals surface area contributed by atoms with Crippen LogP contribution in [0.4, 0.5) is 15.3 Å².